The summed E-state index contributed by atoms with van der Waals surface area (Å²) < 4.78 is 35.1. The first-order valence-electron chi connectivity index (χ1n) is 8.21. The number of nitrogens with zero attached hydrogens (tertiary/aromatic N) is 4. The van der Waals surface area contributed by atoms with Crippen molar-refractivity contribution in [3.05, 3.63) is 48.1 Å². The molecular formula is C17H17F2N5O. The van der Waals surface area contributed by atoms with Crippen molar-refractivity contribution in [2.45, 2.75) is 32.0 Å². The monoisotopic (exact) mass is 345 g/mol. The molecule has 0 spiro atoms. The van der Waals surface area contributed by atoms with Crippen molar-refractivity contribution in [1.82, 2.24) is 19.5 Å². The predicted octanol–water partition coefficient (Wildman–Crippen LogP) is 3.42. The molecule has 1 aliphatic rings. The lowest BCUT2D eigenvalue weighted by Crippen LogP contribution is -2.18. The Morgan fingerprint density at radius 3 is 2.88 bits per heavy atom. The molecule has 0 radical (unpaired) electrons. The molecule has 0 bridgehead atoms. The van der Waals surface area contributed by atoms with Crippen molar-refractivity contribution in [2.24, 2.45) is 0 Å². The minimum absolute atomic E-state index is 0.172. The van der Waals surface area contributed by atoms with Gasteiger partial charge in [-0.2, -0.15) is 14.4 Å². The molecule has 2 aromatic heterocycles. The van der Waals surface area contributed by atoms with Gasteiger partial charge in [-0.25, -0.2) is 9.37 Å². The Balaban J connectivity index is 1.65. The number of aromatic nitrogens is 4. The molecule has 4 rings (SSSR count). The molecule has 1 aliphatic heterocycles. The quantitative estimate of drug-likeness (QED) is 0.734. The van der Waals surface area contributed by atoms with Crippen molar-refractivity contribution in [1.29, 1.82) is 0 Å². The van der Waals surface area contributed by atoms with Crippen LogP contribution in [0.3, 0.4) is 0 Å². The summed E-state index contributed by atoms with van der Waals surface area (Å²) in [7, 11) is 0. The largest absolute Gasteiger partial charge is 0.364 e. The van der Waals surface area contributed by atoms with Gasteiger partial charge in [-0.3, -0.25) is 4.57 Å². The molecule has 6 nitrogen and oxygen atoms in total. The van der Waals surface area contributed by atoms with Crippen LogP contribution in [-0.4, -0.2) is 26.1 Å². The summed E-state index contributed by atoms with van der Waals surface area (Å²) in [5, 5.41) is 2.95. The molecule has 0 saturated carbocycles. The Kier molecular flexibility index (Phi) is 4.27. The van der Waals surface area contributed by atoms with Crippen molar-refractivity contribution >= 4 is 17.0 Å². The van der Waals surface area contributed by atoms with E-state index in [2.05, 4.69) is 20.3 Å². The molecule has 1 unspecified atom stereocenters. The number of imidazole rings is 1. The van der Waals surface area contributed by atoms with Gasteiger partial charge in [0.2, 0.25) is 0 Å². The number of halogens is 2. The molecule has 0 amide bonds. The summed E-state index contributed by atoms with van der Waals surface area (Å²) in [6, 6.07) is 6.40. The molecule has 1 saturated heterocycles. The van der Waals surface area contributed by atoms with Crippen LogP contribution >= 0.6 is 0 Å². The molecule has 25 heavy (non-hydrogen) atoms. The smallest absolute Gasteiger partial charge is 0.312 e. The van der Waals surface area contributed by atoms with Crippen LogP contribution in [0.2, 0.25) is 0 Å². The number of hydrogen-bond acceptors (Lipinski definition) is 5. The number of ether oxygens (including phenoxy) is 1. The fourth-order valence-electron chi connectivity index (χ4n) is 2.99. The van der Waals surface area contributed by atoms with Gasteiger partial charge in [0.1, 0.15) is 12.0 Å². The first-order valence-corrected chi connectivity index (χ1v) is 8.21. The molecule has 8 heteroatoms. The molecule has 1 fully saturated rings. The summed E-state index contributed by atoms with van der Waals surface area (Å²) >= 11 is 0. The number of hydrogen-bond donors (Lipinski definition) is 1. The Hall–Kier alpha value is -2.61. The first kappa shape index (κ1) is 15.9. The number of anilines is 1. The second kappa shape index (κ2) is 6.72. The number of nitrogens with one attached hydrogen (secondary N) is 1. The lowest BCUT2D eigenvalue weighted by molar-refractivity contribution is -0.0298. The molecular weight excluding hydrogens is 328 g/mol. The van der Waals surface area contributed by atoms with E-state index < -0.39 is 6.08 Å². The molecule has 1 N–H and O–H groups in total. The molecule has 3 aromatic rings. The molecule has 130 valence electrons. The van der Waals surface area contributed by atoms with Gasteiger partial charge in [-0.15, -0.1) is 0 Å². The van der Waals surface area contributed by atoms with E-state index in [1.807, 2.05) is 0 Å². The maximum absolute atomic E-state index is 13.9. The minimum atomic E-state index is -0.860. The highest BCUT2D eigenvalue weighted by Gasteiger charge is 2.21. The topological polar surface area (TPSA) is 64.9 Å². The van der Waals surface area contributed by atoms with Crippen molar-refractivity contribution in [3.63, 3.8) is 0 Å². The zero-order chi connectivity index (χ0) is 17.2. The Morgan fingerprint density at radius 2 is 2.08 bits per heavy atom. The van der Waals surface area contributed by atoms with Gasteiger partial charge >= 0.3 is 6.08 Å². The van der Waals surface area contributed by atoms with E-state index >= 15 is 0 Å². The van der Waals surface area contributed by atoms with E-state index in [4.69, 9.17) is 4.74 Å². The Morgan fingerprint density at radius 1 is 1.20 bits per heavy atom. The van der Waals surface area contributed by atoms with Crippen LogP contribution in [-0.2, 0) is 11.3 Å². The highest BCUT2D eigenvalue weighted by atomic mass is 19.1. The second-order valence-corrected chi connectivity index (χ2v) is 5.93. The number of rotatable bonds is 4. The zero-order valence-electron chi connectivity index (χ0n) is 13.5. The fraction of sp³-hybridized carbons (Fsp3) is 0.353. The van der Waals surface area contributed by atoms with Crippen LogP contribution in [0.15, 0.2) is 30.6 Å². The van der Waals surface area contributed by atoms with E-state index in [0.29, 0.717) is 23.3 Å². The molecule has 3 heterocycles. The second-order valence-electron chi connectivity index (χ2n) is 5.93. The Bertz CT molecular complexity index is 892. The summed E-state index contributed by atoms with van der Waals surface area (Å²) in [5.41, 5.74) is 1.27. The summed E-state index contributed by atoms with van der Waals surface area (Å²) in [6.07, 6.45) is 3.41. The molecule has 1 atom stereocenters. The van der Waals surface area contributed by atoms with Gasteiger partial charge < -0.3 is 10.1 Å². The number of fused-ring (bicyclic) bond motifs is 1. The van der Waals surface area contributed by atoms with Gasteiger partial charge in [0.15, 0.2) is 17.0 Å². The van der Waals surface area contributed by atoms with Crippen LogP contribution < -0.4 is 5.32 Å². The van der Waals surface area contributed by atoms with E-state index in [1.54, 1.807) is 29.1 Å². The van der Waals surface area contributed by atoms with Crippen LogP contribution in [0.25, 0.3) is 11.2 Å². The van der Waals surface area contributed by atoms with Crippen molar-refractivity contribution < 1.29 is 13.5 Å². The highest BCUT2D eigenvalue weighted by Crippen LogP contribution is 2.27. The van der Waals surface area contributed by atoms with Crippen LogP contribution in [0.5, 0.6) is 0 Å². The van der Waals surface area contributed by atoms with Crippen LogP contribution in [0, 0.1) is 11.9 Å². The van der Waals surface area contributed by atoms with Crippen molar-refractivity contribution in [3.8, 4) is 0 Å². The van der Waals surface area contributed by atoms with Gasteiger partial charge in [0.25, 0.3) is 0 Å². The third-order valence-corrected chi connectivity index (χ3v) is 4.26. The molecule has 0 aliphatic carbocycles. The Labute approximate surface area is 142 Å². The zero-order valence-corrected chi connectivity index (χ0v) is 13.5. The van der Waals surface area contributed by atoms with Gasteiger partial charge in [-0.1, -0.05) is 18.2 Å². The first-order chi connectivity index (χ1) is 12.2. The average Bonchev–Trinajstić information content (AvgIpc) is 3.05. The van der Waals surface area contributed by atoms with E-state index in [-0.39, 0.29) is 24.4 Å². The maximum atomic E-state index is 13.9. The van der Waals surface area contributed by atoms with Gasteiger partial charge in [0.05, 0.1) is 6.33 Å². The number of benzene rings is 1. The summed E-state index contributed by atoms with van der Waals surface area (Å²) in [4.78, 5) is 12.0. The summed E-state index contributed by atoms with van der Waals surface area (Å²) in [6.45, 7) is 0.835. The van der Waals surface area contributed by atoms with Gasteiger partial charge in [0, 0.05) is 18.7 Å². The van der Waals surface area contributed by atoms with Crippen LogP contribution in [0.4, 0.5) is 14.6 Å². The lowest BCUT2D eigenvalue weighted by Gasteiger charge is -2.23. The standard InChI is InChI=1S/C17H17F2N5O/c18-12-6-2-1-5-11(12)9-20-15-14-16(23-17(19)22-15)24(10-21-14)13-7-3-4-8-25-13/h1-2,5-6,10,13H,3-4,7-9H2,(H,20,22,23). The lowest BCUT2D eigenvalue weighted by atomic mass is 10.2. The fourth-order valence-corrected chi connectivity index (χ4v) is 2.99. The predicted molar refractivity (Wildman–Crippen MR) is 87.8 cm³/mol. The highest BCUT2D eigenvalue weighted by molar-refractivity contribution is 5.82. The summed E-state index contributed by atoms with van der Waals surface area (Å²) in [5.74, 6) is -0.0952. The minimum Gasteiger partial charge on any atom is -0.364 e. The van der Waals surface area contributed by atoms with E-state index in [1.165, 1.54) is 6.07 Å². The molecule has 1 aromatic carbocycles. The third-order valence-electron chi connectivity index (χ3n) is 4.26. The van der Waals surface area contributed by atoms with Crippen LogP contribution in [0.1, 0.15) is 31.1 Å². The van der Waals surface area contributed by atoms with Crippen molar-refractivity contribution in [2.75, 3.05) is 11.9 Å². The normalized spacial score (nSPS) is 17.8. The SMILES string of the molecule is Fc1nc(NCc2ccccc2F)c2ncn(C3CCCCO3)c2n1. The van der Waals surface area contributed by atoms with E-state index in [9.17, 15) is 8.78 Å². The van der Waals surface area contributed by atoms with Gasteiger partial charge in [-0.05, 0) is 25.3 Å². The van der Waals surface area contributed by atoms with E-state index in [0.717, 1.165) is 19.3 Å². The maximum Gasteiger partial charge on any atom is 0.312 e. The third kappa shape index (κ3) is 3.17. The average molecular weight is 345 g/mol.